The van der Waals surface area contributed by atoms with E-state index >= 15 is 0 Å². The predicted octanol–water partition coefficient (Wildman–Crippen LogP) is 3.55. The molecule has 0 radical (unpaired) electrons. The maximum Gasteiger partial charge on any atom is 0.193 e. The largest absolute Gasteiger partial charge is 0.448 e. The van der Waals surface area contributed by atoms with Crippen LogP contribution in [0.1, 0.15) is 31.6 Å². The van der Waals surface area contributed by atoms with Crippen LogP contribution in [0.5, 0.6) is 0 Å². The highest BCUT2D eigenvalue weighted by Crippen LogP contribution is 2.23. The second-order valence-corrected chi connectivity index (χ2v) is 3.49. The molecule has 1 N–H and O–H groups in total. The molecule has 0 amide bonds. The third kappa shape index (κ3) is 3.20. The van der Waals surface area contributed by atoms with Crippen LogP contribution < -0.4 is 5.32 Å². The van der Waals surface area contributed by atoms with E-state index in [1.54, 1.807) is 6.07 Å². The molecule has 1 aromatic rings. The summed E-state index contributed by atoms with van der Waals surface area (Å²) >= 11 is 5.72. The molecule has 0 saturated heterocycles. The van der Waals surface area contributed by atoms with Gasteiger partial charge in [-0.3, -0.25) is 0 Å². The van der Waals surface area contributed by atoms with E-state index in [0.29, 0.717) is 5.22 Å². The first-order chi connectivity index (χ1) is 6.77. The summed E-state index contributed by atoms with van der Waals surface area (Å²) in [4.78, 5) is 0. The van der Waals surface area contributed by atoms with Gasteiger partial charge in [-0.15, -0.1) is 6.58 Å². The molecule has 0 saturated carbocycles. The summed E-state index contributed by atoms with van der Waals surface area (Å²) in [5.74, 6) is 0.902. The minimum Gasteiger partial charge on any atom is -0.448 e. The van der Waals surface area contributed by atoms with E-state index in [9.17, 15) is 0 Å². The zero-order chi connectivity index (χ0) is 10.4. The van der Waals surface area contributed by atoms with Crippen molar-refractivity contribution in [3.8, 4) is 0 Å². The molecule has 14 heavy (non-hydrogen) atoms. The number of hydrogen-bond acceptors (Lipinski definition) is 2. The van der Waals surface area contributed by atoms with Crippen LogP contribution in [-0.4, -0.2) is 6.54 Å². The molecule has 2 nitrogen and oxygen atoms in total. The maximum atomic E-state index is 5.72. The van der Waals surface area contributed by atoms with Crippen molar-refractivity contribution < 1.29 is 4.42 Å². The molecule has 1 atom stereocenters. The molecule has 0 aliphatic carbocycles. The molecular weight excluding hydrogens is 198 g/mol. The summed E-state index contributed by atoms with van der Waals surface area (Å²) < 4.78 is 5.36. The number of halogens is 1. The lowest BCUT2D eigenvalue weighted by Gasteiger charge is -2.13. The Kier molecular flexibility index (Phi) is 4.77. The standard InChI is InChI=1S/C11H16ClNO/c1-3-5-6-9(13-4-2)10-7-8-11(12)14-10/h3,7-9,13H,1,4-6H2,2H3. The Bertz CT molecular complexity index is 283. The Morgan fingerprint density at radius 1 is 1.64 bits per heavy atom. The summed E-state index contributed by atoms with van der Waals surface area (Å²) in [7, 11) is 0. The van der Waals surface area contributed by atoms with E-state index in [2.05, 4.69) is 18.8 Å². The Hall–Kier alpha value is -0.730. The topological polar surface area (TPSA) is 25.2 Å². The lowest BCUT2D eigenvalue weighted by atomic mass is 10.1. The highest BCUT2D eigenvalue weighted by Gasteiger charge is 2.12. The second kappa shape index (κ2) is 5.89. The van der Waals surface area contributed by atoms with Gasteiger partial charge in [-0.1, -0.05) is 13.0 Å². The molecule has 1 heterocycles. The van der Waals surface area contributed by atoms with Crippen LogP contribution in [0.4, 0.5) is 0 Å². The van der Waals surface area contributed by atoms with Crippen LogP contribution in [0, 0.1) is 0 Å². The number of furan rings is 1. The summed E-state index contributed by atoms with van der Waals surface area (Å²) in [5.41, 5.74) is 0. The van der Waals surface area contributed by atoms with Gasteiger partial charge < -0.3 is 9.73 Å². The van der Waals surface area contributed by atoms with Crippen molar-refractivity contribution >= 4 is 11.6 Å². The lowest BCUT2D eigenvalue weighted by Crippen LogP contribution is -2.20. The minimum absolute atomic E-state index is 0.241. The second-order valence-electron chi connectivity index (χ2n) is 3.12. The normalized spacial score (nSPS) is 12.7. The van der Waals surface area contributed by atoms with E-state index in [4.69, 9.17) is 16.0 Å². The first kappa shape index (κ1) is 11.3. The average molecular weight is 214 g/mol. The van der Waals surface area contributed by atoms with Crippen molar-refractivity contribution in [2.24, 2.45) is 0 Å². The Balaban J connectivity index is 2.61. The van der Waals surface area contributed by atoms with Gasteiger partial charge in [-0.25, -0.2) is 0 Å². The van der Waals surface area contributed by atoms with Crippen LogP contribution in [0.3, 0.4) is 0 Å². The van der Waals surface area contributed by atoms with E-state index in [0.717, 1.165) is 25.1 Å². The zero-order valence-corrected chi connectivity index (χ0v) is 9.18. The van der Waals surface area contributed by atoms with Gasteiger partial charge in [0.1, 0.15) is 5.76 Å². The van der Waals surface area contributed by atoms with Crippen LogP contribution in [-0.2, 0) is 0 Å². The maximum absolute atomic E-state index is 5.72. The molecule has 0 aliphatic heterocycles. The minimum atomic E-state index is 0.241. The average Bonchev–Trinajstić information content (AvgIpc) is 2.59. The zero-order valence-electron chi connectivity index (χ0n) is 8.42. The summed E-state index contributed by atoms with van der Waals surface area (Å²) in [6.07, 6.45) is 3.87. The molecule has 1 rings (SSSR count). The lowest BCUT2D eigenvalue weighted by molar-refractivity contribution is 0.404. The van der Waals surface area contributed by atoms with Gasteiger partial charge in [0.15, 0.2) is 5.22 Å². The number of allylic oxidation sites excluding steroid dienone is 1. The summed E-state index contributed by atoms with van der Waals surface area (Å²) in [5, 5.41) is 3.79. The molecule has 3 heteroatoms. The number of rotatable bonds is 6. The van der Waals surface area contributed by atoms with E-state index in [1.807, 2.05) is 12.1 Å². The predicted molar refractivity (Wildman–Crippen MR) is 59.6 cm³/mol. The third-order valence-corrected chi connectivity index (χ3v) is 2.25. The van der Waals surface area contributed by atoms with Crippen molar-refractivity contribution in [3.63, 3.8) is 0 Å². The SMILES string of the molecule is C=CCCC(NCC)c1ccc(Cl)o1. The van der Waals surface area contributed by atoms with Crippen molar-refractivity contribution in [2.75, 3.05) is 6.54 Å². The molecular formula is C11H16ClNO. The van der Waals surface area contributed by atoms with Crippen molar-refractivity contribution in [2.45, 2.75) is 25.8 Å². The molecule has 0 aromatic carbocycles. The van der Waals surface area contributed by atoms with Gasteiger partial charge in [0, 0.05) is 0 Å². The van der Waals surface area contributed by atoms with Crippen LogP contribution in [0.2, 0.25) is 5.22 Å². The molecule has 78 valence electrons. The fraction of sp³-hybridized carbons (Fsp3) is 0.455. The molecule has 1 unspecified atom stereocenters. The van der Waals surface area contributed by atoms with Crippen molar-refractivity contribution in [3.05, 3.63) is 35.8 Å². The van der Waals surface area contributed by atoms with Crippen molar-refractivity contribution in [1.82, 2.24) is 5.32 Å². The van der Waals surface area contributed by atoms with Gasteiger partial charge in [0.25, 0.3) is 0 Å². The molecule has 0 fully saturated rings. The van der Waals surface area contributed by atoms with Gasteiger partial charge in [-0.05, 0) is 43.1 Å². The quantitative estimate of drug-likeness (QED) is 0.732. The smallest absolute Gasteiger partial charge is 0.193 e. The molecule has 0 spiro atoms. The number of nitrogens with one attached hydrogen (secondary N) is 1. The summed E-state index contributed by atoms with van der Waals surface area (Å²) in [6, 6.07) is 3.93. The first-order valence-corrected chi connectivity index (χ1v) is 5.25. The Morgan fingerprint density at radius 2 is 2.43 bits per heavy atom. The van der Waals surface area contributed by atoms with Gasteiger partial charge in [0.2, 0.25) is 0 Å². The fourth-order valence-corrected chi connectivity index (χ4v) is 1.54. The van der Waals surface area contributed by atoms with E-state index < -0.39 is 0 Å². The first-order valence-electron chi connectivity index (χ1n) is 4.87. The van der Waals surface area contributed by atoms with Gasteiger partial charge in [-0.2, -0.15) is 0 Å². The van der Waals surface area contributed by atoms with E-state index in [1.165, 1.54) is 0 Å². The molecule has 0 aliphatic rings. The molecule has 1 aromatic heterocycles. The van der Waals surface area contributed by atoms with Gasteiger partial charge in [0.05, 0.1) is 6.04 Å². The van der Waals surface area contributed by atoms with Crippen molar-refractivity contribution in [1.29, 1.82) is 0 Å². The monoisotopic (exact) mass is 213 g/mol. The fourth-order valence-electron chi connectivity index (χ4n) is 1.39. The van der Waals surface area contributed by atoms with E-state index in [-0.39, 0.29) is 6.04 Å². The van der Waals surface area contributed by atoms with Crippen LogP contribution in [0.25, 0.3) is 0 Å². The highest BCUT2D eigenvalue weighted by atomic mass is 35.5. The van der Waals surface area contributed by atoms with Crippen LogP contribution in [0.15, 0.2) is 29.2 Å². The van der Waals surface area contributed by atoms with Gasteiger partial charge >= 0.3 is 0 Å². The third-order valence-electron chi connectivity index (χ3n) is 2.05. The molecule has 0 bridgehead atoms. The summed E-state index contributed by atoms with van der Waals surface area (Å²) in [6.45, 7) is 6.70. The number of hydrogen-bond donors (Lipinski definition) is 1. The van der Waals surface area contributed by atoms with Crippen LogP contribution >= 0.6 is 11.6 Å². The Morgan fingerprint density at radius 3 is 2.93 bits per heavy atom. The highest BCUT2D eigenvalue weighted by molar-refractivity contribution is 6.28. The Labute approximate surface area is 89.9 Å².